The number of nitrogens with one attached hydrogen (secondary N) is 4. The first-order chi connectivity index (χ1) is 18.5. The molecule has 4 aromatic rings. The molecule has 0 atom stereocenters. The molecule has 0 aliphatic rings. The minimum absolute atomic E-state index is 0.0860. The van der Waals surface area contributed by atoms with E-state index in [2.05, 4.69) is 31.2 Å². The normalized spacial score (nSPS) is 10.4. The Balaban J connectivity index is 1.33. The fraction of sp³-hybridized carbons (Fsp3) is 0.172. The van der Waals surface area contributed by atoms with Crippen LogP contribution in [0.2, 0.25) is 0 Å². The first kappa shape index (κ1) is 26.2. The second kappa shape index (κ2) is 12.9. The number of carbonyl (C=O) groups excluding carboxylic acids is 2. The molecule has 3 aromatic carbocycles. The maximum absolute atomic E-state index is 12.6. The molecule has 0 bridgehead atoms. The van der Waals surface area contributed by atoms with Crippen LogP contribution < -0.4 is 21.3 Å². The van der Waals surface area contributed by atoms with E-state index in [4.69, 9.17) is 0 Å². The van der Waals surface area contributed by atoms with Crippen molar-refractivity contribution in [3.8, 4) is 28.3 Å². The maximum Gasteiger partial charge on any atom is 0.251 e. The summed E-state index contributed by atoms with van der Waals surface area (Å²) in [5, 5.41) is 21.6. The number of anilines is 2. The number of nitrogens with zero attached hydrogens (tertiary/aromatic N) is 2. The molecular formula is C29H30N6O3. The highest BCUT2D eigenvalue weighted by Gasteiger charge is 2.09. The van der Waals surface area contributed by atoms with Crippen molar-refractivity contribution in [2.45, 2.75) is 6.92 Å². The van der Waals surface area contributed by atoms with Crippen LogP contribution in [0.3, 0.4) is 0 Å². The van der Waals surface area contributed by atoms with E-state index in [1.54, 1.807) is 30.3 Å². The molecule has 0 saturated carbocycles. The van der Waals surface area contributed by atoms with E-state index >= 15 is 0 Å². The summed E-state index contributed by atoms with van der Waals surface area (Å²) in [6.07, 6.45) is 0. The van der Waals surface area contributed by atoms with Gasteiger partial charge in [-0.2, -0.15) is 0 Å². The fourth-order valence-corrected chi connectivity index (χ4v) is 3.71. The summed E-state index contributed by atoms with van der Waals surface area (Å²) in [6.45, 7) is 3.34. The van der Waals surface area contributed by atoms with Gasteiger partial charge in [0.05, 0.1) is 0 Å². The number of benzene rings is 3. The Morgan fingerprint density at radius 2 is 1.24 bits per heavy atom. The molecule has 2 amide bonds. The molecule has 9 nitrogen and oxygen atoms in total. The van der Waals surface area contributed by atoms with E-state index in [0.717, 1.165) is 16.7 Å². The Labute approximate surface area is 221 Å². The largest absolute Gasteiger partial charge is 0.508 e. The SMILES string of the molecule is CC(=O)NCCNc1cc(NCCNC(=O)c2ccc(-c3ccc(O)cc3)cc2)nc(-c2ccccc2)n1. The van der Waals surface area contributed by atoms with Crippen molar-refractivity contribution in [2.75, 3.05) is 36.8 Å². The number of hydrogen-bond acceptors (Lipinski definition) is 7. The van der Waals surface area contributed by atoms with Crippen molar-refractivity contribution in [3.05, 3.63) is 90.5 Å². The number of phenols is 1. The molecule has 38 heavy (non-hydrogen) atoms. The van der Waals surface area contributed by atoms with Gasteiger partial charge in [-0.3, -0.25) is 9.59 Å². The Morgan fingerprint density at radius 1 is 0.684 bits per heavy atom. The zero-order valence-electron chi connectivity index (χ0n) is 21.1. The molecule has 1 heterocycles. The van der Waals surface area contributed by atoms with Gasteiger partial charge in [-0.05, 0) is 35.4 Å². The lowest BCUT2D eigenvalue weighted by atomic mass is 10.0. The van der Waals surface area contributed by atoms with Gasteiger partial charge in [-0.15, -0.1) is 0 Å². The third kappa shape index (κ3) is 7.54. The number of carbonyl (C=O) groups is 2. The highest BCUT2D eigenvalue weighted by molar-refractivity contribution is 5.94. The average Bonchev–Trinajstić information content (AvgIpc) is 2.94. The van der Waals surface area contributed by atoms with Crippen LogP contribution in [0.1, 0.15) is 17.3 Å². The lowest BCUT2D eigenvalue weighted by Crippen LogP contribution is -2.29. The number of aromatic hydroxyl groups is 1. The van der Waals surface area contributed by atoms with Gasteiger partial charge in [0, 0.05) is 50.3 Å². The molecule has 0 aliphatic carbocycles. The molecule has 0 radical (unpaired) electrons. The smallest absolute Gasteiger partial charge is 0.251 e. The van der Waals surface area contributed by atoms with Gasteiger partial charge in [0.2, 0.25) is 5.91 Å². The monoisotopic (exact) mass is 510 g/mol. The molecular weight excluding hydrogens is 480 g/mol. The van der Waals surface area contributed by atoms with Crippen LogP contribution in [-0.4, -0.2) is 53.1 Å². The molecule has 5 N–H and O–H groups in total. The van der Waals surface area contributed by atoms with Gasteiger partial charge in [-0.1, -0.05) is 54.6 Å². The van der Waals surface area contributed by atoms with Gasteiger partial charge in [-0.25, -0.2) is 9.97 Å². The minimum Gasteiger partial charge on any atom is -0.508 e. The molecule has 194 valence electrons. The zero-order valence-corrected chi connectivity index (χ0v) is 21.1. The number of aromatic nitrogens is 2. The third-order valence-electron chi connectivity index (χ3n) is 5.63. The van der Waals surface area contributed by atoms with Crippen LogP contribution in [0, 0.1) is 0 Å². The second-order valence-corrected chi connectivity index (χ2v) is 8.54. The molecule has 1 aromatic heterocycles. The summed E-state index contributed by atoms with van der Waals surface area (Å²) >= 11 is 0. The van der Waals surface area contributed by atoms with Crippen LogP contribution in [0.5, 0.6) is 5.75 Å². The summed E-state index contributed by atoms with van der Waals surface area (Å²) in [7, 11) is 0. The van der Waals surface area contributed by atoms with Crippen molar-refractivity contribution in [1.82, 2.24) is 20.6 Å². The Morgan fingerprint density at radius 3 is 1.82 bits per heavy atom. The van der Waals surface area contributed by atoms with E-state index < -0.39 is 0 Å². The van der Waals surface area contributed by atoms with Crippen LogP contribution in [0.4, 0.5) is 11.6 Å². The standard InChI is InChI=1S/C29H30N6O3/c1-20(36)30-15-16-31-26-19-27(35-28(34-26)23-5-3-2-4-6-23)32-17-18-33-29(38)24-9-7-21(8-10-24)22-11-13-25(37)14-12-22/h2-14,19,37H,15-18H2,1H3,(H,30,36)(H,33,38)(H2,31,32,34,35). The van der Waals surface area contributed by atoms with Crippen molar-refractivity contribution in [3.63, 3.8) is 0 Å². The second-order valence-electron chi connectivity index (χ2n) is 8.54. The minimum atomic E-state index is -0.169. The van der Waals surface area contributed by atoms with E-state index in [-0.39, 0.29) is 17.6 Å². The molecule has 0 aliphatic heterocycles. The molecule has 9 heteroatoms. The third-order valence-corrected chi connectivity index (χ3v) is 5.63. The van der Waals surface area contributed by atoms with E-state index in [9.17, 15) is 14.7 Å². The Bertz CT molecular complexity index is 1360. The van der Waals surface area contributed by atoms with Gasteiger partial charge < -0.3 is 26.4 Å². The van der Waals surface area contributed by atoms with Crippen molar-refractivity contribution < 1.29 is 14.7 Å². The van der Waals surface area contributed by atoms with Crippen molar-refractivity contribution >= 4 is 23.5 Å². The summed E-state index contributed by atoms with van der Waals surface area (Å²) < 4.78 is 0. The lowest BCUT2D eigenvalue weighted by Gasteiger charge is -2.12. The van der Waals surface area contributed by atoms with Gasteiger partial charge >= 0.3 is 0 Å². The Kier molecular flexibility index (Phi) is 8.85. The predicted octanol–water partition coefficient (Wildman–Crippen LogP) is 3.91. The first-order valence-corrected chi connectivity index (χ1v) is 12.3. The average molecular weight is 511 g/mol. The van der Waals surface area contributed by atoms with Crippen molar-refractivity contribution in [1.29, 1.82) is 0 Å². The van der Waals surface area contributed by atoms with E-state index in [0.29, 0.717) is 49.2 Å². The van der Waals surface area contributed by atoms with E-state index in [1.165, 1.54) is 6.92 Å². The summed E-state index contributed by atoms with van der Waals surface area (Å²) in [5.41, 5.74) is 3.36. The number of rotatable bonds is 11. The van der Waals surface area contributed by atoms with Crippen LogP contribution in [-0.2, 0) is 4.79 Å². The molecule has 0 spiro atoms. The summed E-state index contributed by atoms with van der Waals surface area (Å²) in [6, 6.07) is 25.7. The first-order valence-electron chi connectivity index (χ1n) is 12.3. The van der Waals surface area contributed by atoms with Crippen molar-refractivity contribution in [2.24, 2.45) is 0 Å². The lowest BCUT2D eigenvalue weighted by molar-refractivity contribution is -0.118. The quantitative estimate of drug-likeness (QED) is 0.194. The molecule has 4 rings (SSSR count). The number of phenolic OH excluding ortho intramolecular Hbond substituents is 1. The summed E-state index contributed by atoms with van der Waals surface area (Å²) in [5.74, 6) is 1.77. The highest BCUT2D eigenvalue weighted by Crippen LogP contribution is 2.22. The zero-order chi connectivity index (χ0) is 26.7. The van der Waals surface area contributed by atoms with Gasteiger partial charge in [0.1, 0.15) is 17.4 Å². The number of amides is 2. The van der Waals surface area contributed by atoms with Crippen LogP contribution >= 0.6 is 0 Å². The van der Waals surface area contributed by atoms with Gasteiger partial charge in [0.15, 0.2) is 5.82 Å². The molecule has 0 unspecified atom stereocenters. The van der Waals surface area contributed by atoms with Crippen LogP contribution in [0.15, 0.2) is 84.9 Å². The molecule has 0 fully saturated rings. The maximum atomic E-state index is 12.6. The summed E-state index contributed by atoms with van der Waals surface area (Å²) in [4.78, 5) is 32.9. The molecule has 0 saturated heterocycles. The van der Waals surface area contributed by atoms with Gasteiger partial charge in [0.25, 0.3) is 5.91 Å². The Hall–Kier alpha value is -4.92. The fourth-order valence-electron chi connectivity index (χ4n) is 3.71. The highest BCUT2D eigenvalue weighted by atomic mass is 16.3. The van der Waals surface area contributed by atoms with Crippen LogP contribution in [0.25, 0.3) is 22.5 Å². The van der Waals surface area contributed by atoms with E-state index in [1.807, 2.05) is 54.6 Å². The predicted molar refractivity (Wildman–Crippen MR) is 149 cm³/mol. The topological polar surface area (TPSA) is 128 Å². The number of hydrogen-bond donors (Lipinski definition) is 5.